The lowest BCUT2D eigenvalue weighted by Gasteiger charge is -2.21. The van der Waals surface area contributed by atoms with Crippen LogP contribution in [-0.4, -0.2) is 39.1 Å². The molecule has 1 amide bonds. The monoisotopic (exact) mass is 279 g/mol. The van der Waals surface area contributed by atoms with Crippen LogP contribution in [0.2, 0.25) is 0 Å². The molecule has 1 unspecified atom stereocenters. The molecule has 0 aliphatic carbocycles. The lowest BCUT2D eigenvalue weighted by molar-refractivity contribution is -0.122. The molecule has 1 heterocycles. The van der Waals surface area contributed by atoms with Crippen LogP contribution in [0.4, 0.5) is 0 Å². The molecule has 0 saturated heterocycles. The number of amidine groups is 1. The molecule has 20 heavy (non-hydrogen) atoms. The van der Waals surface area contributed by atoms with Crippen LogP contribution in [0, 0.1) is 0 Å². The number of carbonyl (C=O) groups is 1. The molecule has 2 N–H and O–H groups in total. The Kier molecular flexibility index (Phi) is 3.97. The van der Waals surface area contributed by atoms with E-state index in [0.717, 1.165) is 5.56 Å². The standard InChI is InChI=1S/C13H17N3O4/c1-7-13(17)16-15-12(14-7)8-5-9(18-2)11(20-4)10(6-8)19-3/h5-7H,1-4H3,(H,14,15)(H,16,17). The Morgan fingerprint density at radius 3 is 2.10 bits per heavy atom. The number of hydrazine groups is 1. The largest absolute Gasteiger partial charge is 0.493 e. The molecule has 1 atom stereocenters. The SMILES string of the molecule is COc1cc(C2=NC(C)C(=O)NN2)cc(OC)c1OC. The maximum atomic E-state index is 11.4. The topological polar surface area (TPSA) is 81.2 Å². The first-order chi connectivity index (χ1) is 9.60. The normalized spacial score (nSPS) is 17.7. The summed E-state index contributed by atoms with van der Waals surface area (Å²) in [5, 5.41) is 0. The molecule has 0 aromatic heterocycles. The van der Waals surface area contributed by atoms with Gasteiger partial charge < -0.3 is 14.2 Å². The fourth-order valence-electron chi connectivity index (χ4n) is 1.87. The number of benzene rings is 1. The van der Waals surface area contributed by atoms with Gasteiger partial charge in [0.05, 0.1) is 21.3 Å². The van der Waals surface area contributed by atoms with E-state index >= 15 is 0 Å². The third kappa shape index (κ3) is 2.47. The zero-order chi connectivity index (χ0) is 14.7. The van der Waals surface area contributed by atoms with Crippen LogP contribution in [-0.2, 0) is 4.79 Å². The number of rotatable bonds is 4. The third-order valence-electron chi connectivity index (χ3n) is 2.94. The van der Waals surface area contributed by atoms with Gasteiger partial charge >= 0.3 is 0 Å². The Balaban J connectivity index is 2.47. The van der Waals surface area contributed by atoms with Crippen LogP contribution >= 0.6 is 0 Å². The van der Waals surface area contributed by atoms with Gasteiger partial charge in [-0.15, -0.1) is 0 Å². The Bertz CT molecular complexity index is 532. The fourth-order valence-corrected chi connectivity index (χ4v) is 1.87. The number of nitrogens with one attached hydrogen (secondary N) is 2. The number of methoxy groups -OCH3 is 3. The average Bonchev–Trinajstić information content (AvgIpc) is 2.48. The molecule has 7 heteroatoms. The number of hydrogen-bond donors (Lipinski definition) is 2. The number of nitrogens with zero attached hydrogens (tertiary/aromatic N) is 1. The van der Waals surface area contributed by atoms with Gasteiger partial charge in [-0.05, 0) is 19.1 Å². The minimum atomic E-state index is -0.453. The summed E-state index contributed by atoms with van der Waals surface area (Å²) in [6, 6.07) is 3.07. The summed E-state index contributed by atoms with van der Waals surface area (Å²) in [4.78, 5) is 15.6. The molecule has 7 nitrogen and oxygen atoms in total. The highest BCUT2D eigenvalue weighted by atomic mass is 16.5. The molecule has 0 saturated carbocycles. The summed E-state index contributed by atoms with van der Waals surface area (Å²) < 4.78 is 15.8. The van der Waals surface area contributed by atoms with Gasteiger partial charge in [0.1, 0.15) is 11.9 Å². The van der Waals surface area contributed by atoms with E-state index in [9.17, 15) is 4.79 Å². The number of aliphatic imine (C=N–C) groups is 1. The van der Waals surface area contributed by atoms with E-state index < -0.39 is 6.04 Å². The quantitative estimate of drug-likeness (QED) is 0.838. The van der Waals surface area contributed by atoms with Crippen molar-refractivity contribution < 1.29 is 19.0 Å². The molecule has 2 rings (SSSR count). The fraction of sp³-hybridized carbons (Fsp3) is 0.385. The summed E-state index contributed by atoms with van der Waals surface area (Å²) in [5.41, 5.74) is 6.03. The molecule has 0 bridgehead atoms. The lowest BCUT2D eigenvalue weighted by atomic mass is 10.1. The Hall–Kier alpha value is -2.44. The van der Waals surface area contributed by atoms with Gasteiger partial charge in [0.25, 0.3) is 5.91 Å². The van der Waals surface area contributed by atoms with E-state index in [1.807, 2.05) is 0 Å². The van der Waals surface area contributed by atoms with Crippen molar-refractivity contribution in [3.63, 3.8) is 0 Å². The molecule has 1 aromatic rings. The van der Waals surface area contributed by atoms with E-state index in [1.165, 1.54) is 0 Å². The molecular weight excluding hydrogens is 262 g/mol. The highest BCUT2D eigenvalue weighted by molar-refractivity contribution is 6.04. The van der Waals surface area contributed by atoms with Crippen molar-refractivity contribution in [1.82, 2.24) is 10.9 Å². The van der Waals surface area contributed by atoms with Gasteiger partial charge in [-0.25, -0.2) is 0 Å². The van der Waals surface area contributed by atoms with Crippen molar-refractivity contribution >= 4 is 11.7 Å². The summed E-state index contributed by atoms with van der Waals surface area (Å²) in [7, 11) is 4.63. The van der Waals surface area contributed by atoms with Crippen LogP contribution in [0.15, 0.2) is 17.1 Å². The van der Waals surface area contributed by atoms with Gasteiger partial charge in [-0.1, -0.05) is 0 Å². The van der Waals surface area contributed by atoms with E-state index in [-0.39, 0.29) is 5.91 Å². The second-order valence-electron chi connectivity index (χ2n) is 4.18. The molecule has 0 radical (unpaired) electrons. The zero-order valence-corrected chi connectivity index (χ0v) is 11.8. The predicted molar refractivity (Wildman–Crippen MR) is 73.4 cm³/mol. The van der Waals surface area contributed by atoms with Gasteiger partial charge in [-0.3, -0.25) is 20.6 Å². The molecule has 1 aromatic carbocycles. The lowest BCUT2D eigenvalue weighted by Crippen LogP contribution is -2.50. The average molecular weight is 279 g/mol. The van der Waals surface area contributed by atoms with Crippen molar-refractivity contribution in [2.45, 2.75) is 13.0 Å². The summed E-state index contributed by atoms with van der Waals surface area (Å²) >= 11 is 0. The van der Waals surface area contributed by atoms with Gasteiger partial charge in [0.15, 0.2) is 11.5 Å². The summed E-state index contributed by atoms with van der Waals surface area (Å²) in [6.45, 7) is 1.72. The van der Waals surface area contributed by atoms with Crippen molar-refractivity contribution in [2.24, 2.45) is 4.99 Å². The number of amides is 1. The van der Waals surface area contributed by atoms with Crippen LogP contribution < -0.4 is 25.1 Å². The minimum absolute atomic E-state index is 0.179. The second kappa shape index (κ2) is 5.68. The number of carbonyl (C=O) groups excluding carboxylic acids is 1. The molecule has 0 spiro atoms. The zero-order valence-electron chi connectivity index (χ0n) is 11.8. The van der Waals surface area contributed by atoms with Crippen LogP contribution in [0.1, 0.15) is 12.5 Å². The highest BCUT2D eigenvalue weighted by Gasteiger charge is 2.22. The maximum absolute atomic E-state index is 11.4. The van der Waals surface area contributed by atoms with E-state index in [1.54, 1.807) is 40.4 Å². The first kappa shape index (κ1) is 14.0. The van der Waals surface area contributed by atoms with Crippen LogP contribution in [0.3, 0.4) is 0 Å². The van der Waals surface area contributed by atoms with Crippen molar-refractivity contribution in [3.8, 4) is 17.2 Å². The minimum Gasteiger partial charge on any atom is -0.493 e. The Labute approximate surface area is 116 Å². The van der Waals surface area contributed by atoms with Crippen LogP contribution in [0.25, 0.3) is 0 Å². The van der Waals surface area contributed by atoms with Crippen molar-refractivity contribution in [1.29, 1.82) is 0 Å². The first-order valence-electron chi connectivity index (χ1n) is 6.04. The van der Waals surface area contributed by atoms with Gasteiger partial charge in [0, 0.05) is 5.56 Å². The Morgan fingerprint density at radius 1 is 1.05 bits per heavy atom. The Morgan fingerprint density at radius 2 is 1.65 bits per heavy atom. The van der Waals surface area contributed by atoms with Gasteiger partial charge in [0.2, 0.25) is 5.75 Å². The first-order valence-corrected chi connectivity index (χ1v) is 6.04. The van der Waals surface area contributed by atoms with E-state index in [4.69, 9.17) is 14.2 Å². The molecule has 108 valence electrons. The molecule has 1 aliphatic rings. The van der Waals surface area contributed by atoms with Gasteiger partial charge in [-0.2, -0.15) is 0 Å². The van der Waals surface area contributed by atoms with Crippen molar-refractivity contribution in [2.75, 3.05) is 21.3 Å². The second-order valence-corrected chi connectivity index (χ2v) is 4.18. The smallest absolute Gasteiger partial charge is 0.262 e. The molecular formula is C13H17N3O4. The van der Waals surface area contributed by atoms with E-state index in [0.29, 0.717) is 23.1 Å². The molecule has 0 fully saturated rings. The molecule has 1 aliphatic heterocycles. The number of ether oxygens (including phenoxy) is 3. The predicted octanol–water partition coefficient (Wildman–Crippen LogP) is 0.482. The highest BCUT2D eigenvalue weighted by Crippen LogP contribution is 2.38. The number of hydrogen-bond acceptors (Lipinski definition) is 6. The summed E-state index contributed by atoms with van der Waals surface area (Å²) in [5.74, 6) is 1.91. The third-order valence-corrected chi connectivity index (χ3v) is 2.94. The van der Waals surface area contributed by atoms with Crippen LogP contribution in [0.5, 0.6) is 17.2 Å². The van der Waals surface area contributed by atoms with Crippen molar-refractivity contribution in [3.05, 3.63) is 17.7 Å². The maximum Gasteiger partial charge on any atom is 0.262 e. The summed E-state index contributed by atoms with van der Waals surface area (Å²) in [6.07, 6.45) is 0. The van der Waals surface area contributed by atoms with E-state index in [2.05, 4.69) is 15.8 Å².